The molecule has 1 rings (SSSR count). The van der Waals surface area contributed by atoms with Gasteiger partial charge in [0.15, 0.2) is 0 Å². The second-order valence-electron chi connectivity index (χ2n) is 2.93. The van der Waals surface area contributed by atoms with E-state index in [0.717, 1.165) is 0 Å². The monoisotopic (exact) mass is 209 g/mol. The number of amides is 1. The normalized spacial score (nSPS) is 10.7. The first kappa shape index (κ1) is 11.4. The van der Waals surface area contributed by atoms with Gasteiger partial charge in [-0.25, -0.2) is 0 Å². The summed E-state index contributed by atoms with van der Waals surface area (Å²) in [6.07, 6.45) is 7.34. The van der Waals surface area contributed by atoms with Gasteiger partial charge in [-0.1, -0.05) is 17.4 Å². The first-order valence-electron chi connectivity index (χ1n) is 4.79. The first-order valence-corrected chi connectivity index (χ1v) is 4.79. The van der Waals surface area contributed by atoms with Crippen LogP contribution in [0.5, 0.6) is 0 Å². The average molecular weight is 209 g/mol. The molecule has 0 atom stereocenters. The Morgan fingerprint density at radius 3 is 3.07 bits per heavy atom. The van der Waals surface area contributed by atoms with Crippen molar-refractivity contribution in [1.82, 2.24) is 20.3 Å². The van der Waals surface area contributed by atoms with Gasteiger partial charge in [0.25, 0.3) is 0 Å². The zero-order chi connectivity index (χ0) is 10.9. The van der Waals surface area contributed by atoms with E-state index in [2.05, 4.69) is 15.6 Å². The van der Waals surface area contributed by atoms with Crippen LogP contribution in [0.2, 0.25) is 0 Å². The van der Waals surface area contributed by atoms with Gasteiger partial charge in [0.05, 0.1) is 12.7 Å². The van der Waals surface area contributed by atoms with E-state index >= 15 is 0 Å². The smallest absolute Gasteiger partial charge is 0.222 e. The highest BCUT2D eigenvalue weighted by molar-refractivity contribution is 5.75. The van der Waals surface area contributed by atoms with Gasteiger partial charge in [-0.15, -0.1) is 5.10 Å². The van der Waals surface area contributed by atoms with Gasteiger partial charge in [-0.2, -0.15) is 0 Å². The lowest BCUT2D eigenvalue weighted by Gasteiger charge is -2.01. The molecule has 0 aliphatic rings. The van der Waals surface area contributed by atoms with E-state index in [4.69, 9.17) is 5.73 Å². The van der Waals surface area contributed by atoms with E-state index in [1.54, 1.807) is 23.2 Å². The minimum absolute atomic E-state index is 0.00725. The van der Waals surface area contributed by atoms with Crippen molar-refractivity contribution in [2.45, 2.75) is 13.0 Å². The van der Waals surface area contributed by atoms with E-state index in [9.17, 15) is 4.79 Å². The summed E-state index contributed by atoms with van der Waals surface area (Å²) in [7, 11) is 0. The zero-order valence-corrected chi connectivity index (χ0v) is 8.47. The molecule has 6 nitrogen and oxygen atoms in total. The summed E-state index contributed by atoms with van der Waals surface area (Å²) >= 11 is 0. The van der Waals surface area contributed by atoms with Gasteiger partial charge in [0.2, 0.25) is 5.91 Å². The number of nitrogens with two attached hydrogens (primary N) is 1. The Hall–Kier alpha value is -1.69. The SMILES string of the molecule is NC/C=C/CNC(=O)CCn1ccnn1. The molecule has 0 aliphatic carbocycles. The lowest BCUT2D eigenvalue weighted by molar-refractivity contribution is -0.121. The van der Waals surface area contributed by atoms with Gasteiger partial charge >= 0.3 is 0 Å². The molecule has 82 valence electrons. The third-order valence-corrected chi connectivity index (χ3v) is 1.76. The van der Waals surface area contributed by atoms with Crippen molar-refractivity contribution in [3.05, 3.63) is 24.5 Å². The molecule has 3 N–H and O–H groups in total. The fourth-order valence-corrected chi connectivity index (χ4v) is 1.01. The molecule has 0 saturated carbocycles. The van der Waals surface area contributed by atoms with Crippen molar-refractivity contribution >= 4 is 5.91 Å². The summed E-state index contributed by atoms with van der Waals surface area (Å²) < 4.78 is 1.62. The fraction of sp³-hybridized carbons (Fsp3) is 0.444. The molecule has 15 heavy (non-hydrogen) atoms. The Bertz CT molecular complexity index is 306. The third kappa shape index (κ3) is 4.92. The van der Waals surface area contributed by atoms with Crippen LogP contribution in [-0.2, 0) is 11.3 Å². The largest absolute Gasteiger partial charge is 0.353 e. The van der Waals surface area contributed by atoms with Crippen molar-refractivity contribution in [3.8, 4) is 0 Å². The second-order valence-corrected chi connectivity index (χ2v) is 2.93. The van der Waals surface area contributed by atoms with Gasteiger partial charge in [-0.3, -0.25) is 9.48 Å². The van der Waals surface area contributed by atoms with Gasteiger partial charge in [0.1, 0.15) is 0 Å². The summed E-state index contributed by atoms with van der Waals surface area (Å²) in [6, 6.07) is 0. The first-order chi connectivity index (χ1) is 7.33. The minimum atomic E-state index is -0.00725. The van der Waals surface area contributed by atoms with Gasteiger partial charge in [-0.05, 0) is 0 Å². The van der Waals surface area contributed by atoms with Crippen LogP contribution in [0, 0.1) is 0 Å². The second kappa shape index (κ2) is 6.72. The molecule has 1 aromatic rings. The molecular weight excluding hydrogens is 194 g/mol. The molecule has 0 unspecified atom stereocenters. The Balaban J connectivity index is 2.11. The molecule has 0 fully saturated rings. The van der Waals surface area contributed by atoms with Crippen molar-refractivity contribution in [1.29, 1.82) is 0 Å². The number of carbonyl (C=O) groups excluding carboxylic acids is 1. The van der Waals surface area contributed by atoms with E-state index in [1.807, 2.05) is 6.08 Å². The number of carbonyl (C=O) groups is 1. The molecule has 0 aliphatic heterocycles. The molecule has 0 radical (unpaired) electrons. The maximum absolute atomic E-state index is 11.3. The quantitative estimate of drug-likeness (QED) is 0.606. The highest BCUT2D eigenvalue weighted by atomic mass is 16.1. The van der Waals surface area contributed by atoms with Crippen molar-refractivity contribution in [3.63, 3.8) is 0 Å². The summed E-state index contributed by atoms with van der Waals surface area (Å²) in [4.78, 5) is 11.3. The molecule has 1 amide bonds. The van der Waals surface area contributed by atoms with Crippen LogP contribution in [0.1, 0.15) is 6.42 Å². The van der Waals surface area contributed by atoms with Crippen LogP contribution in [0.15, 0.2) is 24.5 Å². The average Bonchev–Trinajstić information content (AvgIpc) is 2.74. The maximum Gasteiger partial charge on any atom is 0.222 e. The number of aryl methyl sites for hydroxylation is 1. The van der Waals surface area contributed by atoms with E-state index in [-0.39, 0.29) is 5.91 Å². The zero-order valence-electron chi connectivity index (χ0n) is 8.47. The molecule has 0 aromatic carbocycles. The van der Waals surface area contributed by atoms with Crippen LogP contribution < -0.4 is 11.1 Å². The van der Waals surface area contributed by atoms with E-state index in [1.165, 1.54) is 0 Å². The Morgan fingerprint density at radius 2 is 2.40 bits per heavy atom. The summed E-state index contributed by atoms with van der Waals surface area (Å²) in [5.74, 6) is -0.00725. The lowest BCUT2D eigenvalue weighted by atomic mass is 10.4. The standard InChI is InChI=1S/C9H15N5O/c10-4-1-2-5-11-9(15)3-7-14-8-6-12-13-14/h1-2,6,8H,3-5,7,10H2,(H,11,15)/b2-1+. The molecule has 0 bridgehead atoms. The summed E-state index contributed by atoms with van der Waals surface area (Å²) in [5, 5.41) is 10.1. The number of rotatable bonds is 6. The lowest BCUT2D eigenvalue weighted by Crippen LogP contribution is -2.24. The molecule has 0 saturated heterocycles. The fourth-order valence-electron chi connectivity index (χ4n) is 1.01. The Morgan fingerprint density at radius 1 is 1.53 bits per heavy atom. The summed E-state index contributed by atoms with van der Waals surface area (Å²) in [6.45, 7) is 1.56. The Labute approximate surface area is 88.1 Å². The molecule has 6 heteroatoms. The van der Waals surface area contributed by atoms with Crippen LogP contribution in [-0.4, -0.2) is 34.0 Å². The number of hydrogen-bond acceptors (Lipinski definition) is 4. The van der Waals surface area contributed by atoms with Gasteiger partial charge < -0.3 is 11.1 Å². The predicted molar refractivity (Wildman–Crippen MR) is 55.8 cm³/mol. The highest BCUT2D eigenvalue weighted by Crippen LogP contribution is 1.87. The maximum atomic E-state index is 11.3. The number of nitrogens with zero attached hydrogens (tertiary/aromatic N) is 3. The van der Waals surface area contributed by atoms with Crippen LogP contribution in [0.25, 0.3) is 0 Å². The van der Waals surface area contributed by atoms with E-state index < -0.39 is 0 Å². The van der Waals surface area contributed by atoms with Gasteiger partial charge in [0, 0.05) is 25.7 Å². The van der Waals surface area contributed by atoms with Crippen molar-refractivity contribution < 1.29 is 4.79 Å². The minimum Gasteiger partial charge on any atom is -0.353 e. The van der Waals surface area contributed by atoms with Crippen molar-refractivity contribution in [2.24, 2.45) is 5.73 Å². The molecule has 0 spiro atoms. The summed E-state index contributed by atoms with van der Waals surface area (Å²) in [5.41, 5.74) is 5.25. The van der Waals surface area contributed by atoms with Crippen molar-refractivity contribution in [2.75, 3.05) is 13.1 Å². The molecule has 1 heterocycles. The molecular formula is C9H15N5O. The van der Waals surface area contributed by atoms with Crippen LogP contribution in [0.4, 0.5) is 0 Å². The topological polar surface area (TPSA) is 85.8 Å². The third-order valence-electron chi connectivity index (χ3n) is 1.76. The number of aromatic nitrogens is 3. The highest BCUT2D eigenvalue weighted by Gasteiger charge is 1.99. The Kier molecular flexibility index (Phi) is 5.10. The number of hydrogen-bond donors (Lipinski definition) is 2. The van der Waals surface area contributed by atoms with Crippen LogP contribution >= 0.6 is 0 Å². The number of nitrogens with one attached hydrogen (secondary N) is 1. The molecule has 1 aromatic heterocycles. The van der Waals surface area contributed by atoms with Crippen LogP contribution in [0.3, 0.4) is 0 Å². The van der Waals surface area contributed by atoms with E-state index in [0.29, 0.717) is 26.1 Å². The predicted octanol–water partition coefficient (Wildman–Crippen LogP) is -0.701.